The molecule has 0 aromatic heterocycles. The van der Waals surface area contributed by atoms with Gasteiger partial charge in [-0.25, -0.2) is 8.42 Å². The summed E-state index contributed by atoms with van der Waals surface area (Å²) in [6.07, 6.45) is 0.632. The molecule has 18 heavy (non-hydrogen) atoms. The Morgan fingerprint density at radius 2 is 1.94 bits per heavy atom. The van der Waals surface area contributed by atoms with Gasteiger partial charge in [0.15, 0.2) is 0 Å². The number of benzene rings is 1. The topological polar surface area (TPSA) is 77.8 Å². The molecule has 6 heteroatoms. The maximum atomic E-state index is 12.3. The van der Waals surface area contributed by atoms with E-state index in [0.29, 0.717) is 6.42 Å². The molecule has 1 fully saturated rings. The van der Waals surface area contributed by atoms with Crippen LogP contribution < -0.4 is 0 Å². The van der Waals surface area contributed by atoms with E-state index in [1.807, 2.05) is 6.92 Å². The molecule has 1 aromatic rings. The monoisotopic (exact) mass is 271 g/mol. The lowest BCUT2D eigenvalue weighted by Crippen LogP contribution is -2.65. The van der Waals surface area contributed by atoms with E-state index in [9.17, 15) is 13.5 Å². The van der Waals surface area contributed by atoms with Crippen LogP contribution in [0.25, 0.3) is 0 Å². The van der Waals surface area contributed by atoms with Crippen molar-refractivity contribution >= 4 is 10.0 Å². The molecule has 2 rings (SSSR count). The fraction of sp³-hybridized carbons (Fsp3) is 0.500. The minimum absolute atomic E-state index is 0.0517. The van der Waals surface area contributed by atoms with Crippen molar-refractivity contribution in [2.75, 3.05) is 19.7 Å². The summed E-state index contributed by atoms with van der Waals surface area (Å²) < 4.78 is 25.9. The molecule has 1 aromatic carbocycles. The summed E-state index contributed by atoms with van der Waals surface area (Å²) in [6.45, 7) is 1.37. The highest BCUT2D eigenvalue weighted by Crippen LogP contribution is 2.29. The van der Waals surface area contributed by atoms with Crippen molar-refractivity contribution in [2.24, 2.45) is 0 Å². The van der Waals surface area contributed by atoms with E-state index in [4.69, 9.17) is 5.11 Å². The summed E-state index contributed by atoms with van der Waals surface area (Å²) in [5.74, 6) is 0. The van der Waals surface area contributed by atoms with Crippen LogP contribution in [0.2, 0.25) is 0 Å². The molecule has 0 spiro atoms. The van der Waals surface area contributed by atoms with Gasteiger partial charge in [0.25, 0.3) is 0 Å². The van der Waals surface area contributed by atoms with Gasteiger partial charge in [0.05, 0.1) is 11.5 Å². The molecule has 0 radical (unpaired) electrons. The van der Waals surface area contributed by atoms with E-state index < -0.39 is 22.2 Å². The summed E-state index contributed by atoms with van der Waals surface area (Å²) >= 11 is 0. The van der Waals surface area contributed by atoms with Gasteiger partial charge in [-0.3, -0.25) is 0 Å². The van der Waals surface area contributed by atoms with Crippen LogP contribution in [-0.4, -0.2) is 48.2 Å². The zero-order valence-corrected chi connectivity index (χ0v) is 11.0. The van der Waals surface area contributed by atoms with Crippen molar-refractivity contribution in [3.05, 3.63) is 29.8 Å². The van der Waals surface area contributed by atoms with Crippen LogP contribution in [0.3, 0.4) is 0 Å². The van der Waals surface area contributed by atoms with Gasteiger partial charge in [0.1, 0.15) is 5.60 Å². The quantitative estimate of drug-likeness (QED) is 0.806. The van der Waals surface area contributed by atoms with E-state index >= 15 is 0 Å². The Morgan fingerprint density at radius 1 is 1.33 bits per heavy atom. The summed E-state index contributed by atoms with van der Waals surface area (Å²) in [7, 11) is -3.56. The third-order valence-corrected chi connectivity index (χ3v) is 5.10. The molecule has 1 heterocycles. The molecule has 0 unspecified atom stereocenters. The zero-order chi connectivity index (χ0) is 13.4. The minimum Gasteiger partial charge on any atom is -0.393 e. The van der Waals surface area contributed by atoms with Crippen LogP contribution in [0.1, 0.15) is 12.5 Å². The number of hydrogen-bond acceptors (Lipinski definition) is 4. The molecular weight excluding hydrogens is 254 g/mol. The second kappa shape index (κ2) is 4.62. The van der Waals surface area contributed by atoms with Crippen molar-refractivity contribution < 1.29 is 18.6 Å². The first-order valence-corrected chi connectivity index (χ1v) is 7.28. The van der Waals surface area contributed by atoms with E-state index in [0.717, 1.165) is 5.56 Å². The molecule has 5 nitrogen and oxygen atoms in total. The van der Waals surface area contributed by atoms with Crippen LogP contribution in [-0.2, 0) is 16.4 Å². The summed E-state index contributed by atoms with van der Waals surface area (Å²) in [5, 5.41) is 18.6. The van der Waals surface area contributed by atoms with Crippen LogP contribution in [0.5, 0.6) is 0 Å². The maximum Gasteiger partial charge on any atom is 0.243 e. The fourth-order valence-corrected chi connectivity index (χ4v) is 3.96. The second-order valence-electron chi connectivity index (χ2n) is 4.62. The number of rotatable bonds is 4. The molecule has 1 aliphatic heterocycles. The average Bonchev–Trinajstić information content (AvgIpc) is 2.34. The first-order valence-electron chi connectivity index (χ1n) is 5.84. The van der Waals surface area contributed by atoms with Gasteiger partial charge in [-0.15, -0.1) is 0 Å². The first-order chi connectivity index (χ1) is 8.43. The van der Waals surface area contributed by atoms with E-state index in [2.05, 4.69) is 0 Å². The predicted octanol–water partition coefficient (Wildman–Crippen LogP) is -0.0233. The number of aliphatic hydroxyl groups excluding tert-OH is 1. The number of β-amino-alcohol motifs (C(OH)–C–C–N with tert-alkyl or cyclic N) is 1. The molecule has 0 aliphatic carbocycles. The lowest BCUT2D eigenvalue weighted by Gasteiger charge is -2.44. The second-order valence-corrected chi connectivity index (χ2v) is 6.52. The molecule has 100 valence electrons. The average molecular weight is 271 g/mol. The highest BCUT2D eigenvalue weighted by Gasteiger charge is 2.47. The standard InChI is InChI=1S/C12H17NO4S/c1-2-10-5-3-4-6-11(10)18(16,17)13-7-12(15,8-13)9-14/h3-6,14-15H,2,7-9H2,1H3. The predicted molar refractivity (Wildman–Crippen MR) is 66.6 cm³/mol. The highest BCUT2D eigenvalue weighted by atomic mass is 32.2. The van der Waals surface area contributed by atoms with Gasteiger partial charge in [0.2, 0.25) is 10.0 Å². The summed E-state index contributed by atoms with van der Waals surface area (Å²) in [4.78, 5) is 0.285. The molecule has 0 saturated carbocycles. The van der Waals surface area contributed by atoms with Gasteiger partial charge >= 0.3 is 0 Å². The van der Waals surface area contributed by atoms with Crippen molar-refractivity contribution in [2.45, 2.75) is 23.8 Å². The van der Waals surface area contributed by atoms with Crippen molar-refractivity contribution in [3.63, 3.8) is 0 Å². The van der Waals surface area contributed by atoms with Gasteiger partial charge < -0.3 is 10.2 Å². The lowest BCUT2D eigenvalue weighted by atomic mass is 9.99. The highest BCUT2D eigenvalue weighted by molar-refractivity contribution is 7.89. The van der Waals surface area contributed by atoms with Crippen molar-refractivity contribution in [1.29, 1.82) is 0 Å². The SMILES string of the molecule is CCc1ccccc1S(=O)(=O)N1CC(O)(CO)C1. The number of aryl methyl sites for hydroxylation is 1. The third kappa shape index (κ3) is 2.16. The van der Waals surface area contributed by atoms with E-state index in [1.54, 1.807) is 24.3 Å². The Labute approximate surface area is 107 Å². The van der Waals surface area contributed by atoms with E-state index in [-0.39, 0.29) is 18.0 Å². The Kier molecular flexibility index (Phi) is 3.46. The molecule has 0 bridgehead atoms. The molecule has 1 aliphatic rings. The van der Waals surface area contributed by atoms with Crippen molar-refractivity contribution in [1.82, 2.24) is 4.31 Å². The summed E-state index contributed by atoms with van der Waals surface area (Å²) in [5.41, 5.74) is -0.522. The number of nitrogens with zero attached hydrogens (tertiary/aromatic N) is 1. The zero-order valence-electron chi connectivity index (χ0n) is 10.2. The minimum atomic E-state index is -3.56. The smallest absolute Gasteiger partial charge is 0.243 e. The molecule has 1 saturated heterocycles. The number of aliphatic hydroxyl groups is 2. The van der Waals surface area contributed by atoms with E-state index in [1.165, 1.54) is 4.31 Å². The van der Waals surface area contributed by atoms with Crippen LogP contribution >= 0.6 is 0 Å². The Morgan fingerprint density at radius 3 is 2.50 bits per heavy atom. The fourth-order valence-electron chi connectivity index (χ4n) is 2.07. The third-order valence-electron chi connectivity index (χ3n) is 3.21. The number of hydrogen-bond donors (Lipinski definition) is 2. The normalized spacial score (nSPS) is 19.5. The van der Waals surface area contributed by atoms with Crippen LogP contribution in [0, 0.1) is 0 Å². The first kappa shape index (κ1) is 13.5. The van der Waals surface area contributed by atoms with Crippen LogP contribution in [0.4, 0.5) is 0 Å². The van der Waals surface area contributed by atoms with Crippen LogP contribution in [0.15, 0.2) is 29.2 Å². The Balaban J connectivity index is 2.28. The van der Waals surface area contributed by atoms with Crippen molar-refractivity contribution in [3.8, 4) is 0 Å². The maximum absolute atomic E-state index is 12.3. The lowest BCUT2D eigenvalue weighted by molar-refractivity contribution is -0.0933. The van der Waals surface area contributed by atoms with Gasteiger partial charge in [-0.2, -0.15) is 4.31 Å². The molecule has 2 N–H and O–H groups in total. The van der Waals surface area contributed by atoms with Gasteiger partial charge in [0, 0.05) is 13.1 Å². The Bertz CT molecular complexity index is 535. The van der Waals surface area contributed by atoms with Gasteiger partial charge in [-0.1, -0.05) is 25.1 Å². The molecule has 0 atom stereocenters. The Hall–Kier alpha value is -0.950. The molecule has 0 amide bonds. The number of sulfonamides is 1. The van der Waals surface area contributed by atoms with Gasteiger partial charge in [-0.05, 0) is 18.1 Å². The largest absolute Gasteiger partial charge is 0.393 e. The summed E-state index contributed by atoms with van der Waals surface area (Å²) in [6, 6.07) is 6.84. The molecular formula is C12H17NO4S.